The maximum absolute atomic E-state index is 5.42. The van der Waals surface area contributed by atoms with Gasteiger partial charge in [-0.25, -0.2) is 15.8 Å². The topological polar surface area (TPSA) is 68.8 Å². The number of nitrogens with zero attached hydrogens (tertiary/aromatic N) is 3. The Morgan fingerprint density at radius 2 is 2.10 bits per heavy atom. The predicted molar refractivity (Wildman–Crippen MR) is 82.1 cm³/mol. The summed E-state index contributed by atoms with van der Waals surface area (Å²) < 4.78 is 2.05. The van der Waals surface area contributed by atoms with Crippen molar-refractivity contribution in [3.63, 3.8) is 0 Å². The second-order valence-electron chi connectivity index (χ2n) is 4.39. The quantitative estimate of drug-likeness (QED) is 0.434. The van der Waals surface area contributed by atoms with Gasteiger partial charge in [-0.1, -0.05) is 42.5 Å². The molecule has 0 unspecified atom stereocenters. The van der Waals surface area contributed by atoms with Gasteiger partial charge in [0.05, 0.1) is 0 Å². The number of hydrogen-bond acceptors (Lipinski definition) is 4. The zero-order valence-corrected chi connectivity index (χ0v) is 11.5. The molecular weight excluding hydrogens is 270 g/mol. The van der Waals surface area contributed by atoms with Crippen LogP contribution in [-0.2, 0) is 6.54 Å². The number of fused-ring (bicyclic) bond motifs is 1. The molecule has 0 radical (unpaired) electrons. The van der Waals surface area contributed by atoms with Gasteiger partial charge < -0.3 is 9.99 Å². The molecule has 0 aliphatic heterocycles. The summed E-state index contributed by atoms with van der Waals surface area (Å²) in [4.78, 5) is 8.88. The molecule has 0 saturated heterocycles. The lowest BCUT2D eigenvalue weighted by Crippen LogP contribution is -2.28. The van der Waals surface area contributed by atoms with Crippen LogP contribution in [0.15, 0.2) is 49.1 Å². The van der Waals surface area contributed by atoms with Crippen LogP contribution in [0.5, 0.6) is 0 Å². The summed E-state index contributed by atoms with van der Waals surface area (Å²) in [6, 6.07) is 10.2. The summed E-state index contributed by atoms with van der Waals surface area (Å²) in [5, 5.41) is 0.895. The van der Waals surface area contributed by atoms with E-state index in [9.17, 15) is 0 Å². The van der Waals surface area contributed by atoms with Crippen LogP contribution in [-0.4, -0.2) is 19.5 Å². The lowest BCUT2D eigenvalue weighted by molar-refractivity contribution is 0.822. The number of nitrogens with two attached hydrogens (primary N) is 1. The highest BCUT2D eigenvalue weighted by Crippen LogP contribution is 2.20. The van der Waals surface area contributed by atoms with Crippen LogP contribution in [0.3, 0.4) is 0 Å². The second kappa shape index (κ2) is 5.36. The van der Waals surface area contributed by atoms with Crippen molar-refractivity contribution in [3.05, 3.63) is 60.2 Å². The van der Waals surface area contributed by atoms with Gasteiger partial charge in [0.15, 0.2) is 0 Å². The van der Waals surface area contributed by atoms with Gasteiger partial charge in [0, 0.05) is 29.9 Å². The van der Waals surface area contributed by atoms with E-state index in [1.807, 2.05) is 29.0 Å². The van der Waals surface area contributed by atoms with Gasteiger partial charge >= 0.3 is 0 Å². The van der Waals surface area contributed by atoms with E-state index in [1.54, 1.807) is 6.20 Å². The maximum atomic E-state index is 5.42. The van der Waals surface area contributed by atoms with E-state index < -0.39 is 0 Å². The van der Waals surface area contributed by atoms with E-state index in [1.165, 1.54) is 11.9 Å². The molecule has 1 aromatic carbocycles. The molecule has 100 valence electrons. The summed E-state index contributed by atoms with van der Waals surface area (Å²) in [6.07, 6.45) is 5.24. The first-order valence-corrected chi connectivity index (χ1v) is 6.54. The molecule has 0 bridgehead atoms. The Labute approximate surface area is 121 Å². The Balaban J connectivity index is 2.09. The minimum absolute atomic E-state index is 0.483. The van der Waals surface area contributed by atoms with Crippen LogP contribution < -0.4 is 11.3 Å². The van der Waals surface area contributed by atoms with Crippen LogP contribution in [0.25, 0.3) is 11.0 Å². The largest absolute Gasteiger partial charge is 0.327 e. The van der Waals surface area contributed by atoms with Gasteiger partial charge in [-0.05, 0) is 5.56 Å². The average molecular weight is 283 g/mol. The van der Waals surface area contributed by atoms with Crippen molar-refractivity contribution in [3.8, 4) is 0 Å². The van der Waals surface area contributed by atoms with E-state index in [4.69, 9.17) is 18.1 Å². The van der Waals surface area contributed by atoms with Crippen LogP contribution in [0.1, 0.15) is 11.1 Å². The van der Waals surface area contributed by atoms with Crippen molar-refractivity contribution < 1.29 is 0 Å². The third-order valence-electron chi connectivity index (χ3n) is 3.11. The van der Waals surface area contributed by atoms with Crippen LogP contribution in [0.2, 0.25) is 0 Å². The molecule has 3 N–H and O–H groups in total. The molecule has 0 atom stereocenters. The average Bonchev–Trinajstić information content (AvgIpc) is 2.87. The molecule has 6 heteroatoms. The van der Waals surface area contributed by atoms with E-state index >= 15 is 0 Å². The molecule has 0 saturated carbocycles. The number of hydrazine groups is 1. The minimum Gasteiger partial charge on any atom is -0.327 e. The molecule has 0 fully saturated rings. The SMILES string of the molecule is NNC(=S)c1cn(Cc2ccccc2)c2ncncc12. The first-order chi connectivity index (χ1) is 9.79. The van der Waals surface area contributed by atoms with Crippen molar-refractivity contribution in [2.75, 3.05) is 0 Å². The molecule has 3 rings (SSSR count). The smallest absolute Gasteiger partial charge is 0.144 e. The predicted octanol–water partition coefficient (Wildman–Crippen LogP) is 1.62. The first-order valence-electron chi connectivity index (χ1n) is 6.13. The van der Waals surface area contributed by atoms with Crippen molar-refractivity contribution in [1.82, 2.24) is 20.0 Å². The van der Waals surface area contributed by atoms with Crippen molar-refractivity contribution in [2.45, 2.75) is 6.54 Å². The number of thiocarbonyl (C=S) groups is 1. The summed E-state index contributed by atoms with van der Waals surface area (Å²) in [5.74, 6) is 5.42. The van der Waals surface area contributed by atoms with Crippen LogP contribution in [0.4, 0.5) is 0 Å². The number of rotatable bonds is 3. The third-order valence-corrected chi connectivity index (χ3v) is 3.45. The molecule has 0 amide bonds. The Bertz CT molecular complexity index is 751. The Morgan fingerprint density at radius 3 is 2.85 bits per heavy atom. The van der Waals surface area contributed by atoms with E-state index in [-0.39, 0.29) is 0 Å². The third kappa shape index (κ3) is 2.26. The van der Waals surface area contributed by atoms with Gasteiger partial charge in [-0.3, -0.25) is 0 Å². The molecule has 2 aromatic heterocycles. The summed E-state index contributed by atoms with van der Waals surface area (Å²) in [6.45, 7) is 0.724. The fraction of sp³-hybridized carbons (Fsp3) is 0.0714. The zero-order chi connectivity index (χ0) is 13.9. The zero-order valence-electron chi connectivity index (χ0n) is 10.7. The summed E-state index contributed by atoms with van der Waals surface area (Å²) in [7, 11) is 0. The Morgan fingerprint density at radius 1 is 1.30 bits per heavy atom. The van der Waals surface area contributed by atoms with E-state index in [2.05, 4.69) is 27.5 Å². The Kier molecular flexibility index (Phi) is 3.41. The monoisotopic (exact) mass is 283 g/mol. The van der Waals surface area contributed by atoms with Crippen molar-refractivity contribution >= 4 is 28.2 Å². The minimum atomic E-state index is 0.483. The molecule has 2 heterocycles. The summed E-state index contributed by atoms with van der Waals surface area (Å²) in [5.41, 5.74) is 5.39. The molecule has 3 aromatic rings. The van der Waals surface area contributed by atoms with Gasteiger partial charge in [-0.2, -0.15) is 0 Å². The lowest BCUT2D eigenvalue weighted by atomic mass is 10.2. The highest BCUT2D eigenvalue weighted by Gasteiger charge is 2.12. The maximum Gasteiger partial charge on any atom is 0.144 e. The van der Waals surface area contributed by atoms with Gasteiger partial charge in [0.1, 0.15) is 17.0 Å². The van der Waals surface area contributed by atoms with E-state index in [0.29, 0.717) is 4.99 Å². The number of nitrogens with one attached hydrogen (secondary N) is 1. The lowest BCUT2D eigenvalue weighted by Gasteiger charge is -2.04. The van der Waals surface area contributed by atoms with Gasteiger partial charge in [0.2, 0.25) is 0 Å². The molecule has 20 heavy (non-hydrogen) atoms. The van der Waals surface area contributed by atoms with Crippen molar-refractivity contribution in [2.24, 2.45) is 5.84 Å². The summed E-state index contributed by atoms with van der Waals surface area (Å²) >= 11 is 5.22. The molecule has 0 aliphatic rings. The van der Waals surface area contributed by atoms with Gasteiger partial charge in [-0.15, -0.1) is 0 Å². The number of benzene rings is 1. The fourth-order valence-corrected chi connectivity index (χ4v) is 2.35. The number of hydrogen-bond donors (Lipinski definition) is 2. The van der Waals surface area contributed by atoms with Crippen LogP contribution >= 0.6 is 12.2 Å². The van der Waals surface area contributed by atoms with Crippen LogP contribution in [0, 0.1) is 0 Å². The first kappa shape index (κ1) is 12.7. The normalized spacial score (nSPS) is 10.7. The fourth-order valence-electron chi connectivity index (χ4n) is 2.19. The molecule has 0 aliphatic carbocycles. The Hall–Kier alpha value is -2.31. The molecular formula is C14H13N5S. The molecule has 5 nitrogen and oxygen atoms in total. The highest BCUT2D eigenvalue weighted by molar-refractivity contribution is 7.80. The van der Waals surface area contributed by atoms with Crippen molar-refractivity contribution in [1.29, 1.82) is 0 Å². The molecule has 0 spiro atoms. The van der Waals surface area contributed by atoms with E-state index in [0.717, 1.165) is 23.1 Å². The number of aromatic nitrogens is 3. The van der Waals surface area contributed by atoms with Gasteiger partial charge in [0.25, 0.3) is 0 Å². The highest BCUT2D eigenvalue weighted by atomic mass is 32.1. The standard InChI is InChI=1S/C14H13N5S/c15-18-14(20)12-8-19(7-10-4-2-1-3-5-10)13-11(12)6-16-9-17-13/h1-6,8-9H,7,15H2,(H,18,20). The second-order valence-corrected chi connectivity index (χ2v) is 4.80.